The van der Waals surface area contributed by atoms with Crippen LogP contribution in [0.4, 0.5) is 5.69 Å². The zero-order valence-electron chi connectivity index (χ0n) is 15.3. The van der Waals surface area contributed by atoms with Crippen molar-refractivity contribution < 1.29 is 9.47 Å². The zero-order valence-corrected chi connectivity index (χ0v) is 17.6. The third-order valence-electron chi connectivity index (χ3n) is 4.02. The molecule has 0 aliphatic carbocycles. The van der Waals surface area contributed by atoms with Crippen molar-refractivity contribution in [1.29, 1.82) is 0 Å². The minimum Gasteiger partial charge on any atom is -0.494 e. The molecule has 0 bridgehead atoms. The van der Waals surface area contributed by atoms with Gasteiger partial charge in [0.15, 0.2) is 5.75 Å². The monoisotopic (exact) mass is 435 g/mol. The van der Waals surface area contributed by atoms with E-state index in [9.17, 15) is 0 Å². The molecule has 0 heterocycles. The Morgan fingerprint density at radius 2 is 1.43 bits per heavy atom. The van der Waals surface area contributed by atoms with E-state index in [-0.39, 0.29) is 0 Å². The molecular formula is C22H20Cl3NO2. The second-order valence-electron chi connectivity index (χ2n) is 6.11. The molecule has 3 aromatic carbocycles. The van der Waals surface area contributed by atoms with Gasteiger partial charge in [0, 0.05) is 17.3 Å². The number of halogens is 3. The number of rotatable bonds is 8. The minimum atomic E-state index is 0.361. The van der Waals surface area contributed by atoms with E-state index in [0.717, 1.165) is 22.6 Å². The van der Waals surface area contributed by atoms with Crippen molar-refractivity contribution in [3.63, 3.8) is 0 Å². The smallest absolute Gasteiger partial charge is 0.156 e. The molecule has 146 valence electrons. The number of hydrogen-bond acceptors (Lipinski definition) is 3. The SMILES string of the molecule is CCOc1ccc(NCc2cc(Cl)c(OCc3ccc(Cl)cc3)c(Cl)c2)cc1. The first kappa shape index (κ1) is 20.7. The van der Waals surface area contributed by atoms with Crippen LogP contribution in [0.25, 0.3) is 0 Å². The third-order valence-corrected chi connectivity index (χ3v) is 4.83. The Kier molecular flexibility index (Phi) is 7.32. The van der Waals surface area contributed by atoms with Crippen LogP contribution in [0.5, 0.6) is 11.5 Å². The molecule has 3 rings (SSSR count). The molecule has 6 heteroatoms. The Balaban J connectivity index is 1.61. The molecule has 3 aromatic rings. The fraction of sp³-hybridized carbons (Fsp3) is 0.182. The molecule has 0 atom stereocenters. The second-order valence-corrected chi connectivity index (χ2v) is 7.37. The molecule has 0 aliphatic rings. The molecule has 0 spiro atoms. The second kappa shape index (κ2) is 9.92. The summed E-state index contributed by atoms with van der Waals surface area (Å²) in [6.45, 7) is 3.56. The molecule has 0 fully saturated rings. The molecule has 0 amide bonds. The fourth-order valence-electron chi connectivity index (χ4n) is 2.63. The maximum Gasteiger partial charge on any atom is 0.156 e. The van der Waals surface area contributed by atoms with Gasteiger partial charge in [-0.05, 0) is 66.6 Å². The summed E-state index contributed by atoms with van der Waals surface area (Å²) >= 11 is 18.7. The van der Waals surface area contributed by atoms with Crippen molar-refractivity contribution in [1.82, 2.24) is 0 Å². The zero-order chi connectivity index (χ0) is 19.9. The van der Waals surface area contributed by atoms with Crippen molar-refractivity contribution in [2.24, 2.45) is 0 Å². The van der Waals surface area contributed by atoms with Crippen LogP contribution in [0.15, 0.2) is 60.7 Å². The number of ether oxygens (including phenoxy) is 2. The summed E-state index contributed by atoms with van der Waals surface area (Å²) in [6, 6.07) is 18.9. The lowest BCUT2D eigenvalue weighted by atomic mass is 10.2. The first-order valence-electron chi connectivity index (χ1n) is 8.87. The van der Waals surface area contributed by atoms with Gasteiger partial charge in [-0.3, -0.25) is 0 Å². The Morgan fingerprint density at radius 1 is 0.786 bits per heavy atom. The number of nitrogens with one attached hydrogen (secondary N) is 1. The lowest BCUT2D eigenvalue weighted by Crippen LogP contribution is -2.01. The minimum absolute atomic E-state index is 0.361. The van der Waals surface area contributed by atoms with E-state index in [1.165, 1.54) is 0 Å². The lowest BCUT2D eigenvalue weighted by molar-refractivity contribution is 0.306. The quantitative estimate of drug-likeness (QED) is 0.404. The predicted octanol–water partition coefficient (Wildman–Crippen LogP) is 7.24. The molecule has 0 radical (unpaired) electrons. The molecule has 28 heavy (non-hydrogen) atoms. The highest BCUT2D eigenvalue weighted by atomic mass is 35.5. The molecule has 0 saturated carbocycles. The van der Waals surface area contributed by atoms with Crippen LogP contribution in [0.1, 0.15) is 18.1 Å². The lowest BCUT2D eigenvalue weighted by Gasteiger charge is -2.13. The number of anilines is 1. The molecule has 0 saturated heterocycles. The number of benzene rings is 3. The molecule has 1 N–H and O–H groups in total. The summed E-state index contributed by atoms with van der Waals surface area (Å²) in [6.07, 6.45) is 0. The van der Waals surface area contributed by atoms with Gasteiger partial charge in [0.2, 0.25) is 0 Å². The summed E-state index contributed by atoms with van der Waals surface area (Å²) < 4.78 is 11.3. The topological polar surface area (TPSA) is 30.5 Å². The van der Waals surface area contributed by atoms with Crippen molar-refractivity contribution in [3.05, 3.63) is 86.9 Å². The predicted molar refractivity (Wildman–Crippen MR) is 117 cm³/mol. The van der Waals surface area contributed by atoms with Gasteiger partial charge < -0.3 is 14.8 Å². The van der Waals surface area contributed by atoms with Crippen molar-refractivity contribution in [2.75, 3.05) is 11.9 Å². The van der Waals surface area contributed by atoms with E-state index in [4.69, 9.17) is 44.3 Å². The van der Waals surface area contributed by atoms with E-state index in [1.807, 2.05) is 67.6 Å². The summed E-state index contributed by atoms with van der Waals surface area (Å²) in [4.78, 5) is 0. The summed E-state index contributed by atoms with van der Waals surface area (Å²) in [5.74, 6) is 1.32. The third kappa shape index (κ3) is 5.71. The first-order valence-corrected chi connectivity index (χ1v) is 10.0. The highest BCUT2D eigenvalue weighted by molar-refractivity contribution is 6.37. The molecule has 0 unspecified atom stereocenters. The van der Waals surface area contributed by atoms with Crippen LogP contribution in [0, 0.1) is 0 Å². The van der Waals surface area contributed by atoms with Gasteiger partial charge in [-0.15, -0.1) is 0 Å². The normalized spacial score (nSPS) is 10.6. The first-order chi connectivity index (χ1) is 13.5. The van der Waals surface area contributed by atoms with Gasteiger partial charge in [-0.25, -0.2) is 0 Å². The van der Waals surface area contributed by atoms with Crippen LogP contribution in [0.2, 0.25) is 15.1 Å². The van der Waals surface area contributed by atoms with Gasteiger partial charge in [-0.1, -0.05) is 46.9 Å². The van der Waals surface area contributed by atoms with Crippen LogP contribution in [-0.4, -0.2) is 6.61 Å². The fourth-order valence-corrected chi connectivity index (χ4v) is 3.40. The van der Waals surface area contributed by atoms with E-state index in [2.05, 4.69) is 5.32 Å². The van der Waals surface area contributed by atoms with Gasteiger partial charge in [0.25, 0.3) is 0 Å². The van der Waals surface area contributed by atoms with Crippen LogP contribution >= 0.6 is 34.8 Å². The highest BCUT2D eigenvalue weighted by Crippen LogP contribution is 2.35. The van der Waals surface area contributed by atoms with Gasteiger partial charge in [-0.2, -0.15) is 0 Å². The van der Waals surface area contributed by atoms with Gasteiger partial charge in [0.05, 0.1) is 16.7 Å². The molecule has 0 aromatic heterocycles. The average molecular weight is 437 g/mol. The standard InChI is InChI=1S/C22H20Cl3NO2/c1-2-27-19-9-7-18(8-10-19)26-13-16-11-20(24)22(21(25)12-16)28-14-15-3-5-17(23)6-4-15/h3-12,26H,2,13-14H2,1H3. The Morgan fingerprint density at radius 3 is 2.04 bits per heavy atom. The summed E-state index contributed by atoms with van der Waals surface area (Å²) in [5.41, 5.74) is 2.93. The van der Waals surface area contributed by atoms with Crippen molar-refractivity contribution in [2.45, 2.75) is 20.1 Å². The van der Waals surface area contributed by atoms with Crippen molar-refractivity contribution in [3.8, 4) is 11.5 Å². The Bertz CT molecular complexity index is 889. The van der Waals surface area contributed by atoms with Gasteiger partial charge in [0.1, 0.15) is 12.4 Å². The molecule has 0 aliphatic heterocycles. The maximum atomic E-state index is 6.39. The Labute approximate surface area is 180 Å². The molecule has 3 nitrogen and oxygen atoms in total. The van der Waals surface area contributed by atoms with E-state index < -0.39 is 0 Å². The van der Waals surface area contributed by atoms with E-state index >= 15 is 0 Å². The average Bonchev–Trinajstić information content (AvgIpc) is 2.68. The van der Waals surface area contributed by atoms with Crippen molar-refractivity contribution >= 4 is 40.5 Å². The van der Waals surface area contributed by atoms with E-state index in [0.29, 0.717) is 40.6 Å². The van der Waals surface area contributed by atoms with Crippen LogP contribution in [0.3, 0.4) is 0 Å². The maximum absolute atomic E-state index is 6.39. The highest BCUT2D eigenvalue weighted by Gasteiger charge is 2.10. The molecular weight excluding hydrogens is 417 g/mol. The summed E-state index contributed by atoms with van der Waals surface area (Å²) in [5, 5.41) is 4.98. The van der Waals surface area contributed by atoms with Crippen LogP contribution in [-0.2, 0) is 13.2 Å². The van der Waals surface area contributed by atoms with E-state index in [1.54, 1.807) is 0 Å². The van der Waals surface area contributed by atoms with Gasteiger partial charge >= 0.3 is 0 Å². The van der Waals surface area contributed by atoms with Crippen LogP contribution < -0.4 is 14.8 Å². The Hall–Kier alpha value is -2.07. The number of hydrogen-bond donors (Lipinski definition) is 1. The largest absolute Gasteiger partial charge is 0.494 e. The summed E-state index contributed by atoms with van der Waals surface area (Å²) in [7, 11) is 0.